The van der Waals surface area contributed by atoms with Crippen LogP contribution in [0.5, 0.6) is 0 Å². The number of hydrogen-bond acceptors (Lipinski definition) is 3. The van der Waals surface area contributed by atoms with Crippen molar-refractivity contribution in [1.29, 1.82) is 0 Å². The van der Waals surface area contributed by atoms with Gasteiger partial charge in [0.25, 0.3) is 5.91 Å². The minimum atomic E-state index is -0.178. The third-order valence-corrected chi connectivity index (χ3v) is 4.44. The molecule has 4 rings (SSSR count). The number of H-pyrrole nitrogens is 1. The Morgan fingerprint density at radius 1 is 1.24 bits per heavy atom. The molecule has 0 aliphatic heterocycles. The predicted molar refractivity (Wildman–Crippen MR) is 95.3 cm³/mol. The number of benzene rings is 1. The minimum Gasteiger partial charge on any atom is -0.305 e. The summed E-state index contributed by atoms with van der Waals surface area (Å²) >= 11 is 0. The molecular weight excluding hydrogens is 314 g/mol. The van der Waals surface area contributed by atoms with E-state index in [0.29, 0.717) is 11.4 Å². The van der Waals surface area contributed by atoms with E-state index in [1.54, 1.807) is 12.4 Å². The Morgan fingerprint density at radius 3 is 2.88 bits per heavy atom. The van der Waals surface area contributed by atoms with Crippen LogP contribution in [-0.4, -0.2) is 25.9 Å². The van der Waals surface area contributed by atoms with E-state index in [0.717, 1.165) is 31.0 Å². The summed E-state index contributed by atoms with van der Waals surface area (Å²) in [6, 6.07) is 12.2. The number of aromatic amines is 1. The molecule has 25 heavy (non-hydrogen) atoms. The maximum Gasteiger partial charge on any atom is 0.260 e. The van der Waals surface area contributed by atoms with E-state index in [1.807, 2.05) is 28.9 Å². The third-order valence-electron chi connectivity index (χ3n) is 4.44. The normalized spacial score (nSPS) is 13.8. The third kappa shape index (κ3) is 4.15. The van der Waals surface area contributed by atoms with Crippen molar-refractivity contribution in [3.05, 3.63) is 65.6 Å². The smallest absolute Gasteiger partial charge is 0.260 e. The van der Waals surface area contributed by atoms with Crippen LogP contribution in [-0.2, 0) is 19.4 Å². The maximum atomic E-state index is 12.3. The second kappa shape index (κ2) is 6.93. The zero-order valence-corrected chi connectivity index (χ0v) is 14.0. The molecule has 2 heterocycles. The van der Waals surface area contributed by atoms with Gasteiger partial charge in [0, 0.05) is 24.5 Å². The molecule has 3 aromatic rings. The van der Waals surface area contributed by atoms with E-state index in [1.165, 1.54) is 18.4 Å². The van der Waals surface area contributed by atoms with Gasteiger partial charge in [-0.15, -0.1) is 0 Å². The molecule has 2 aromatic heterocycles. The van der Waals surface area contributed by atoms with Crippen molar-refractivity contribution >= 4 is 11.7 Å². The first-order valence-corrected chi connectivity index (χ1v) is 8.68. The van der Waals surface area contributed by atoms with Crippen molar-refractivity contribution in [3.63, 3.8) is 0 Å². The van der Waals surface area contributed by atoms with Crippen molar-refractivity contribution in [3.8, 4) is 0 Å². The highest BCUT2D eigenvalue weighted by atomic mass is 16.1. The van der Waals surface area contributed by atoms with Crippen LogP contribution in [0.1, 0.15) is 34.5 Å². The van der Waals surface area contributed by atoms with Crippen LogP contribution >= 0.6 is 0 Å². The number of aromatic nitrogens is 4. The highest BCUT2D eigenvalue weighted by Crippen LogP contribution is 2.30. The van der Waals surface area contributed by atoms with E-state index in [4.69, 9.17) is 0 Å². The molecule has 1 aliphatic rings. The Balaban J connectivity index is 1.32. The number of nitrogens with zero attached hydrogens (tertiary/aromatic N) is 3. The predicted octanol–water partition coefficient (Wildman–Crippen LogP) is 3.05. The molecule has 0 radical (unpaired) electrons. The van der Waals surface area contributed by atoms with E-state index >= 15 is 0 Å². The topological polar surface area (TPSA) is 75.6 Å². The van der Waals surface area contributed by atoms with Gasteiger partial charge < -0.3 is 5.32 Å². The Kier molecular flexibility index (Phi) is 4.33. The van der Waals surface area contributed by atoms with Crippen LogP contribution < -0.4 is 5.32 Å². The molecule has 128 valence electrons. The zero-order valence-electron chi connectivity index (χ0n) is 14.0. The summed E-state index contributed by atoms with van der Waals surface area (Å²) in [6.45, 7) is 0.902. The van der Waals surface area contributed by atoms with Crippen molar-refractivity contribution in [1.82, 2.24) is 20.0 Å². The monoisotopic (exact) mass is 335 g/mol. The Bertz CT molecular complexity index is 848. The van der Waals surface area contributed by atoms with Crippen LogP contribution in [0.2, 0.25) is 0 Å². The molecule has 0 spiro atoms. The lowest BCUT2D eigenvalue weighted by Gasteiger charge is -1.99. The second-order valence-electron chi connectivity index (χ2n) is 6.61. The lowest BCUT2D eigenvalue weighted by atomic mass is 10.1. The molecule has 1 saturated carbocycles. The van der Waals surface area contributed by atoms with Gasteiger partial charge in [-0.25, -0.2) is 0 Å². The number of amides is 1. The van der Waals surface area contributed by atoms with Gasteiger partial charge in [-0.05, 0) is 37.2 Å². The van der Waals surface area contributed by atoms with E-state index in [-0.39, 0.29) is 5.91 Å². The van der Waals surface area contributed by atoms with Crippen LogP contribution in [0.15, 0.2) is 48.8 Å². The largest absolute Gasteiger partial charge is 0.305 e. The number of anilines is 1. The van der Waals surface area contributed by atoms with Crippen molar-refractivity contribution < 1.29 is 4.79 Å². The van der Waals surface area contributed by atoms with Crippen molar-refractivity contribution in [2.45, 2.75) is 32.2 Å². The summed E-state index contributed by atoms with van der Waals surface area (Å²) in [4.78, 5) is 12.3. The Morgan fingerprint density at radius 2 is 2.08 bits per heavy atom. The quantitative estimate of drug-likeness (QED) is 0.697. The van der Waals surface area contributed by atoms with Gasteiger partial charge in [-0.1, -0.05) is 30.3 Å². The van der Waals surface area contributed by atoms with E-state index in [9.17, 15) is 4.79 Å². The summed E-state index contributed by atoms with van der Waals surface area (Å²) in [5.41, 5.74) is 2.85. The lowest BCUT2D eigenvalue weighted by Crippen LogP contribution is -2.11. The average molecular weight is 335 g/mol. The number of nitrogens with one attached hydrogen (secondary N) is 2. The average Bonchev–Trinajstić information content (AvgIpc) is 3.13. The molecule has 1 aliphatic carbocycles. The number of aryl methyl sites for hydroxylation is 2. The summed E-state index contributed by atoms with van der Waals surface area (Å²) in [5, 5.41) is 14.2. The number of carbonyl (C=O) groups excluding carboxylic acids is 1. The van der Waals surface area contributed by atoms with Crippen molar-refractivity contribution in [2.75, 3.05) is 5.32 Å². The fourth-order valence-electron chi connectivity index (χ4n) is 2.81. The highest BCUT2D eigenvalue weighted by Gasteiger charge is 2.22. The summed E-state index contributed by atoms with van der Waals surface area (Å²) < 4.78 is 1.85. The van der Waals surface area contributed by atoms with Crippen LogP contribution in [0, 0.1) is 5.92 Å². The van der Waals surface area contributed by atoms with Gasteiger partial charge in [-0.3, -0.25) is 14.6 Å². The first kappa shape index (κ1) is 15.6. The molecule has 1 amide bonds. The first-order chi connectivity index (χ1) is 12.3. The molecule has 0 unspecified atom stereocenters. The fourth-order valence-corrected chi connectivity index (χ4v) is 2.81. The van der Waals surface area contributed by atoms with Crippen LogP contribution in [0.4, 0.5) is 5.82 Å². The molecule has 6 nitrogen and oxygen atoms in total. The van der Waals surface area contributed by atoms with Crippen LogP contribution in [0.25, 0.3) is 0 Å². The van der Waals surface area contributed by atoms with Gasteiger partial charge in [0.15, 0.2) is 5.82 Å². The molecule has 6 heteroatoms. The van der Waals surface area contributed by atoms with Gasteiger partial charge in [0.2, 0.25) is 0 Å². The highest BCUT2D eigenvalue weighted by molar-refractivity contribution is 6.03. The molecule has 2 N–H and O–H groups in total. The standard InChI is InChI=1S/C19H21N5O/c25-19(16-11-20-24(13-16)12-15-6-7-15)21-18-10-17(22-23-18)9-8-14-4-2-1-3-5-14/h1-5,10-11,13,15H,6-9,12H2,(H2,21,22,23,25). The second-order valence-corrected chi connectivity index (χ2v) is 6.61. The molecule has 0 saturated heterocycles. The van der Waals surface area contributed by atoms with Crippen LogP contribution in [0.3, 0.4) is 0 Å². The molecular formula is C19H21N5O. The minimum absolute atomic E-state index is 0.178. The maximum absolute atomic E-state index is 12.3. The Labute approximate surface area is 146 Å². The fraction of sp³-hybridized carbons (Fsp3) is 0.316. The molecule has 0 bridgehead atoms. The SMILES string of the molecule is O=C(Nc1cc(CCc2ccccc2)[nH]n1)c1cnn(CC2CC2)c1. The Hall–Kier alpha value is -2.89. The number of hydrogen-bond donors (Lipinski definition) is 2. The summed E-state index contributed by atoms with van der Waals surface area (Å²) in [7, 11) is 0. The summed E-state index contributed by atoms with van der Waals surface area (Å²) in [6.07, 6.45) is 7.73. The molecule has 1 fully saturated rings. The van der Waals surface area contributed by atoms with Gasteiger partial charge >= 0.3 is 0 Å². The number of carbonyl (C=O) groups is 1. The van der Waals surface area contributed by atoms with E-state index < -0.39 is 0 Å². The van der Waals surface area contributed by atoms with Gasteiger partial charge in [-0.2, -0.15) is 10.2 Å². The first-order valence-electron chi connectivity index (χ1n) is 8.68. The van der Waals surface area contributed by atoms with Crippen molar-refractivity contribution in [2.24, 2.45) is 5.92 Å². The van der Waals surface area contributed by atoms with Gasteiger partial charge in [0.1, 0.15) is 0 Å². The van der Waals surface area contributed by atoms with E-state index in [2.05, 4.69) is 32.7 Å². The molecule has 1 aromatic carbocycles. The molecule has 0 atom stereocenters. The van der Waals surface area contributed by atoms with Gasteiger partial charge in [0.05, 0.1) is 11.8 Å². The lowest BCUT2D eigenvalue weighted by molar-refractivity contribution is 0.102. The number of rotatable bonds is 7. The zero-order chi connectivity index (χ0) is 17.1. The summed E-state index contributed by atoms with van der Waals surface area (Å²) in [5.74, 6) is 1.10.